The Balaban J connectivity index is 1.54. The van der Waals surface area contributed by atoms with Crippen LogP contribution in [-0.2, 0) is 12.7 Å². The van der Waals surface area contributed by atoms with Crippen LogP contribution in [0.3, 0.4) is 0 Å². The van der Waals surface area contributed by atoms with Crippen molar-refractivity contribution in [3.63, 3.8) is 0 Å². The van der Waals surface area contributed by atoms with E-state index in [1.807, 2.05) is 6.07 Å². The van der Waals surface area contributed by atoms with Crippen LogP contribution in [0.1, 0.15) is 23.6 Å². The summed E-state index contributed by atoms with van der Waals surface area (Å²) < 4.78 is 40.5. The number of aromatic nitrogens is 1. The zero-order chi connectivity index (χ0) is 20.1. The number of carbonyl (C=O) groups is 1. The molecule has 0 radical (unpaired) electrons. The van der Waals surface area contributed by atoms with E-state index >= 15 is 0 Å². The van der Waals surface area contributed by atoms with Gasteiger partial charge in [-0.25, -0.2) is 4.79 Å². The first kappa shape index (κ1) is 18.9. The number of carbonyl (C=O) groups excluding carboxylic acids is 1. The molecule has 9 heteroatoms. The smallest absolute Gasteiger partial charge is 0.324 e. The number of benzene rings is 1. The highest BCUT2D eigenvalue weighted by Gasteiger charge is 2.36. The molecule has 1 N–H and O–H groups in total. The zero-order valence-corrected chi connectivity index (χ0v) is 15.4. The Morgan fingerprint density at radius 1 is 1.14 bits per heavy atom. The Hall–Kier alpha value is -2.48. The third kappa shape index (κ3) is 3.48. The van der Waals surface area contributed by atoms with Gasteiger partial charge in [-0.15, -0.1) is 0 Å². The maximum atomic E-state index is 12.9. The molecule has 4 rings (SSSR count). The van der Waals surface area contributed by atoms with Gasteiger partial charge < -0.3 is 14.8 Å². The summed E-state index contributed by atoms with van der Waals surface area (Å²) >= 11 is 5.97. The fourth-order valence-electron chi connectivity index (χ4n) is 4.05. The van der Waals surface area contributed by atoms with Gasteiger partial charge in [0.2, 0.25) is 0 Å². The molecule has 2 amide bonds. The van der Waals surface area contributed by atoms with Crippen LogP contribution in [-0.4, -0.2) is 28.6 Å². The molecular formula is C19H17ClF3N3O2. The predicted octanol–water partition coefficient (Wildman–Crippen LogP) is 4.17. The van der Waals surface area contributed by atoms with Gasteiger partial charge in [-0.3, -0.25) is 4.79 Å². The zero-order valence-electron chi connectivity index (χ0n) is 14.7. The molecule has 1 aromatic carbocycles. The number of likely N-dealkylation sites (tertiary alicyclic amines) is 1. The number of hydrogen-bond donors (Lipinski definition) is 1. The minimum absolute atomic E-state index is 0.0177. The van der Waals surface area contributed by atoms with Crippen molar-refractivity contribution in [3.8, 4) is 0 Å². The number of rotatable bonds is 1. The fraction of sp³-hybridized carbons (Fsp3) is 0.368. The molecule has 1 fully saturated rings. The first-order valence-electron chi connectivity index (χ1n) is 8.85. The average Bonchev–Trinajstić information content (AvgIpc) is 2.63. The number of anilines is 1. The summed E-state index contributed by atoms with van der Waals surface area (Å²) in [4.78, 5) is 26.3. The molecule has 2 aromatic rings. The lowest BCUT2D eigenvalue weighted by Crippen LogP contribution is -2.50. The summed E-state index contributed by atoms with van der Waals surface area (Å²) in [6.07, 6.45) is -3.65. The summed E-state index contributed by atoms with van der Waals surface area (Å²) in [5, 5.41) is 2.54. The number of hydrogen-bond acceptors (Lipinski definition) is 2. The van der Waals surface area contributed by atoms with Gasteiger partial charge in [0.05, 0.1) is 16.3 Å². The van der Waals surface area contributed by atoms with E-state index in [1.54, 1.807) is 15.5 Å². The SMILES string of the molecule is O=C(Nc1cc(C(F)(F)F)ccc1Cl)N1C[C@@H]2C[C@@H](C1)c1cccc(=O)n1C2. The second-order valence-corrected chi connectivity index (χ2v) is 7.63. The van der Waals surface area contributed by atoms with Crippen LogP contribution in [0.4, 0.5) is 23.7 Å². The molecule has 2 bridgehead atoms. The molecule has 1 saturated heterocycles. The van der Waals surface area contributed by atoms with Crippen LogP contribution in [0.2, 0.25) is 5.02 Å². The van der Waals surface area contributed by atoms with E-state index in [9.17, 15) is 22.8 Å². The van der Waals surface area contributed by atoms with E-state index in [2.05, 4.69) is 5.32 Å². The monoisotopic (exact) mass is 411 g/mol. The second-order valence-electron chi connectivity index (χ2n) is 7.23. The van der Waals surface area contributed by atoms with Gasteiger partial charge in [-0.2, -0.15) is 13.2 Å². The van der Waals surface area contributed by atoms with Gasteiger partial charge >= 0.3 is 12.2 Å². The van der Waals surface area contributed by atoms with Crippen molar-refractivity contribution in [2.24, 2.45) is 5.92 Å². The number of amides is 2. The lowest BCUT2D eigenvalue weighted by molar-refractivity contribution is -0.137. The highest BCUT2D eigenvalue weighted by atomic mass is 35.5. The summed E-state index contributed by atoms with van der Waals surface area (Å²) in [7, 11) is 0. The number of alkyl halides is 3. The molecule has 28 heavy (non-hydrogen) atoms. The van der Waals surface area contributed by atoms with Gasteiger partial charge in [0.25, 0.3) is 5.56 Å². The van der Waals surface area contributed by atoms with Crippen molar-refractivity contribution in [1.82, 2.24) is 9.47 Å². The fourth-order valence-corrected chi connectivity index (χ4v) is 4.22. The number of urea groups is 1. The number of piperidine rings is 1. The summed E-state index contributed by atoms with van der Waals surface area (Å²) in [6.45, 7) is 1.35. The van der Waals surface area contributed by atoms with Gasteiger partial charge in [-0.05, 0) is 36.6 Å². The quantitative estimate of drug-likeness (QED) is 0.765. The van der Waals surface area contributed by atoms with Crippen LogP contribution < -0.4 is 10.9 Å². The van der Waals surface area contributed by atoms with E-state index in [4.69, 9.17) is 11.6 Å². The molecule has 2 aliphatic heterocycles. The molecule has 148 valence electrons. The van der Waals surface area contributed by atoms with Crippen molar-refractivity contribution in [3.05, 3.63) is 63.0 Å². The van der Waals surface area contributed by atoms with Crippen molar-refractivity contribution >= 4 is 23.3 Å². The van der Waals surface area contributed by atoms with Gasteiger partial charge in [0.1, 0.15) is 0 Å². The number of fused-ring (bicyclic) bond motifs is 4. The first-order valence-corrected chi connectivity index (χ1v) is 9.22. The van der Waals surface area contributed by atoms with E-state index in [0.717, 1.165) is 30.3 Å². The lowest BCUT2D eigenvalue weighted by atomic mass is 9.83. The summed E-state index contributed by atoms with van der Waals surface area (Å²) in [5.41, 5.74) is -0.121. The van der Waals surface area contributed by atoms with E-state index in [1.165, 1.54) is 6.07 Å². The van der Waals surface area contributed by atoms with Crippen molar-refractivity contribution in [2.45, 2.75) is 25.1 Å². The third-order valence-electron chi connectivity index (χ3n) is 5.30. The molecule has 2 aliphatic rings. The largest absolute Gasteiger partial charge is 0.416 e. The third-order valence-corrected chi connectivity index (χ3v) is 5.63. The van der Waals surface area contributed by atoms with E-state index in [-0.39, 0.29) is 28.1 Å². The van der Waals surface area contributed by atoms with E-state index < -0.39 is 17.8 Å². The Kier molecular flexibility index (Phi) is 4.61. The first-order chi connectivity index (χ1) is 13.2. The second kappa shape index (κ2) is 6.84. The Bertz CT molecular complexity index is 989. The molecule has 0 unspecified atom stereocenters. The Morgan fingerprint density at radius 2 is 1.93 bits per heavy atom. The molecule has 2 atom stereocenters. The van der Waals surface area contributed by atoms with Crippen molar-refractivity contribution < 1.29 is 18.0 Å². The maximum Gasteiger partial charge on any atom is 0.416 e. The van der Waals surface area contributed by atoms with E-state index in [0.29, 0.717) is 19.6 Å². The number of pyridine rings is 1. The average molecular weight is 412 g/mol. The minimum Gasteiger partial charge on any atom is -0.324 e. The summed E-state index contributed by atoms with van der Waals surface area (Å²) in [6, 6.07) is 7.43. The highest BCUT2D eigenvalue weighted by molar-refractivity contribution is 6.33. The Labute approximate surface area is 163 Å². The molecular weight excluding hydrogens is 395 g/mol. The molecule has 1 aromatic heterocycles. The van der Waals surface area contributed by atoms with Crippen LogP contribution in [0.15, 0.2) is 41.2 Å². The summed E-state index contributed by atoms with van der Waals surface area (Å²) in [5.74, 6) is 0.137. The van der Waals surface area contributed by atoms with Crippen molar-refractivity contribution in [2.75, 3.05) is 18.4 Å². The minimum atomic E-state index is -4.52. The maximum absolute atomic E-state index is 12.9. The molecule has 3 heterocycles. The van der Waals surface area contributed by atoms with Crippen LogP contribution >= 0.6 is 11.6 Å². The van der Waals surface area contributed by atoms with Crippen LogP contribution in [0.5, 0.6) is 0 Å². The van der Waals surface area contributed by atoms with Crippen LogP contribution in [0.25, 0.3) is 0 Å². The standard InChI is InChI=1S/C19H17ClF3N3O2/c20-14-5-4-13(19(21,22)23)7-15(14)24-18(28)25-8-11-6-12(10-25)16-2-1-3-17(27)26(16)9-11/h1-5,7,11-12H,6,8-10H2,(H,24,28)/t11-,12-/m0/s1. The number of nitrogens with one attached hydrogen (secondary N) is 1. The number of halogens is 4. The van der Waals surface area contributed by atoms with Gasteiger partial charge in [0.15, 0.2) is 0 Å². The molecule has 0 aliphatic carbocycles. The lowest BCUT2D eigenvalue weighted by Gasteiger charge is -2.42. The molecule has 5 nitrogen and oxygen atoms in total. The predicted molar refractivity (Wildman–Crippen MR) is 98.6 cm³/mol. The van der Waals surface area contributed by atoms with Gasteiger partial charge in [0, 0.05) is 37.3 Å². The molecule has 0 saturated carbocycles. The topological polar surface area (TPSA) is 54.3 Å². The van der Waals surface area contributed by atoms with Gasteiger partial charge in [-0.1, -0.05) is 17.7 Å². The number of nitrogens with zero attached hydrogens (tertiary/aromatic N) is 2. The van der Waals surface area contributed by atoms with Crippen LogP contribution in [0, 0.1) is 5.92 Å². The highest BCUT2D eigenvalue weighted by Crippen LogP contribution is 2.36. The molecule has 0 spiro atoms. The Morgan fingerprint density at radius 3 is 2.68 bits per heavy atom. The normalized spacial score (nSPS) is 21.2. The van der Waals surface area contributed by atoms with Crippen molar-refractivity contribution in [1.29, 1.82) is 0 Å².